The molecule has 0 unspecified atom stereocenters. The highest BCUT2D eigenvalue weighted by atomic mass is 32.2. The summed E-state index contributed by atoms with van der Waals surface area (Å²) in [5.74, 6) is -0.378. The van der Waals surface area contributed by atoms with Gasteiger partial charge in [0.2, 0.25) is 0 Å². The summed E-state index contributed by atoms with van der Waals surface area (Å²) in [6.07, 6.45) is 3.57. The number of allylic oxidation sites excluding steroid dienone is 1. The molecule has 0 bridgehead atoms. The Balaban J connectivity index is 2.10. The lowest BCUT2D eigenvalue weighted by Gasteiger charge is -2.02. The zero-order chi connectivity index (χ0) is 13.0. The topological polar surface area (TPSA) is 70.1 Å². The first-order valence-corrected chi connectivity index (χ1v) is 7.08. The van der Waals surface area contributed by atoms with Gasteiger partial charge in [0.05, 0.1) is 21.3 Å². The predicted octanol–water partition coefficient (Wildman–Crippen LogP) is 2.18. The second kappa shape index (κ2) is 5.29. The van der Waals surface area contributed by atoms with E-state index >= 15 is 0 Å². The molecule has 0 saturated heterocycles. The van der Waals surface area contributed by atoms with E-state index in [0.717, 1.165) is 16.6 Å². The molecule has 4 nitrogen and oxygen atoms in total. The quantitative estimate of drug-likeness (QED) is 0.792. The Bertz CT molecular complexity index is 677. The van der Waals surface area contributed by atoms with Crippen LogP contribution in [0.25, 0.3) is 17.0 Å². The molecule has 2 aromatic rings. The molecule has 0 radical (unpaired) electrons. The van der Waals surface area contributed by atoms with Crippen LogP contribution in [0, 0.1) is 0 Å². The van der Waals surface area contributed by atoms with Gasteiger partial charge < -0.3 is 4.55 Å². The van der Waals surface area contributed by atoms with Gasteiger partial charge in [-0.05, 0) is 24.6 Å². The molecule has 0 atom stereocenters. The molecule has 0 amide bonds. The summed E-state index contributed by atoms with van der Waals surface area (Å²) in [5.41, 5.74) is 1.63. The van der Waals surface area contributed by atoms with Crippen LogP contribution in [-0.2, 0) is 10.1 Å². The predicted molar refractivity (Wildman–Crippen MR) is 70.0 cm³/mol. The van der Waals surface area contributed by atoms with Crippen molar-refractivity contribution < 1.29 is 13.0 Å². The third-order valence-electron chi connectivity index (χ3n) is 2.44. The number of rotatable bonds is 4. The van der Waals surface area contributed by atoms with Crippen molar-refractivity contribution in [3.63, 3.8) is 0 Å². The van der Waals surface area contributed by atoms with Crippen LogP contribution in [0.5, 0.6) is 0 Å². The second-order valence-corrected chi connectivity index (χ2v) is 5.41. The SMILES string of the molecule is O=S(=O)([O-])CC/C=C/c1ccc2ccccc2n1. The van der Waals surface area contributed by atoms with Crippen LogP contribution in [-0.4, -0.2) is 23.7 Å². The molecule has 1 heterocycles. The minimum atomic E-state index is -4.13. The highest BCUT2D eigenvalue weighted by Gasteiger charge is 1.95. The number of nitrogens with zero attached hydrogens (tertiary/aromatic N) is 1. The number of pyridine rings is 1. The molecule has 0 N–H and O–H groups in total. The van der Waals surface area contributed by atoms with Gasteiger partial charge in [-0.15, -0.1) is 0 Å². The summed E-state index contributed by atoms with van der Waals surface area (Å²) in [4.78, 5) is 4.39. The summed E-state index contributed by atoms with van der Waals surface area (Å²) in [7, 11) is -4.13. The average Bonchev–Trinajstić information content (AvgIpc) is 2.33. The minimum Gasteiger partial charge on any atom is -0.748 e. The highest BCUT2D eigenvalue weighted by Crippen LogP contribution is 2.12. The molecule has 0 saturated carbocycles. The van der Waals surface area contributed by atoms with Crippen molar-refractivity contribution in [3.05, 3.63) is 48.2 Å². The Morgan fingerprint density at radius 1 is 1.17 bits per heavy atom. The largest absolute Gasteiger partial charge is 0.748 e. The fourth-order valence-electron chi connectivity index (χ4n) is 1.59. The van der Waals surface area contributed by atoms with Crippen molar-refractivity contribution in [2.24, 2.45) is 0 Å². The van der Waals surface area contributed by atoms with E-state index in [2.05, 4.69) is 4.98 Å². The van der Waals surface area contributed by atoms with Gasteiger partial charge in [0.1, 0.15) is 0 Å². The van der Waals surface area contributed by atoms with E-state index in [9.17, 15) is 13.0 Å². The van der Waals surface area contributed by atoms with Gasteiger partial charge in [-0.25, -0.2) is 13.4 Å². The molecule has 0 aliphatic rings. The summed E-state index contributed by atoms with van der Waals surface area (Å²) in [5, 5.41) is 1.05. The van der Waals surface area contributed by atoms with Crippen LogP contribution in [0.4, 0.5) is 0 Å². The molecular weight excluding hydrogens is 250 g/mol. The monoisotopic (exact) mass is 262 g/mol. The van der Waals surface area contributed by atoms with Crippen LogP contribution in [0.2, 0.25) is 0 Å². The Hall–Kier alpha value is -1.72. The summed E-state index contributed by atoms with van der Waals surface area (Å²) >= 11 is 0. The molecule has 5 heteroatoms. The smallest absolute Gasteiger partial charge is 0.0948 e. The molecule has 1 aromatic heterocycles. The number of para-hydroxylation sites is 1. The Kier molecular flexibility index (Phi) is 3.74. The number of aromatic nitrogens is 1. The number of hydrogen-bond acceptors (Lipinski definition) is 4. The van der Waals surface area contributed by atoms with E-state index in [0.29, 0.717) is 0 Å². The van der Waals surface area contributed by atoms with Crippen LogP contribution in [0.3, 0.4) is 0 Å². The zero-order valence-corrected chi connectivity index (χ0v) is 10.4. The molecule has 0 aliphatic carbocycles. The maximum atomic E-state index is 10.4. The van der Waals surface area contributed by atoms with Gasteiger partial charge in [0.15, 0.2) is 0 Å². The average molecular weight is 262 g/mol. The van der Waals surface area contributed by atoms with E-state index < -0.39 is 10.1 Å². The molecule has 18 heavy (non-hydrogen) atoms. The first kappa shape index (κ1) is 12.7. The second-order valence-electron chi connectivity index (χ2n) is 3.88. The van der Waals surface area contributed by atoms with Gasteiger partial charge >= 0.3 is 0 Å². The maximum Gasteiger partial charge on any atom is 0.0948 e. The normalized spacial score (nSPS) is 12.3. The van der Waals surface area contributed by atoms with Gasteiger partial charge in [-0.3, -0.25) is 0 Å². The zero-order valence-electron chi connectivity index (χ0n) is 9.61. The lowest BCUT2D eigenvalue weighted by atomic mass is 10.2. The van der Waals surface area contributed by atoms with Crippen LogP contribution in [0.1, 0.15) is 12.1 Å². The Morgan fingerprint density at radius 2 is 1.94 bits per heavy atom. The maximum absolute atomic E-state index is 10.4. The molecule has 2 rings (SSSR count). The minimum absolute atomic E-state index is 0.209. The van der Waals surface area contributed by atoms with Crippen molar-refractivity contribution in [3.8, 4) is 0 Å². The lowest BCUT2D eigenvalue weighted by molar-refractivity contribution is 0.463. The van der Waals surface area contributed by atoms with E-state index in [-0.39, 0.29) is 12.2 Å². The lowest BCUT2D eigenvalue weighted by Crippen LogP contribution is -2.02. The fraction of sp³-hybridized carbons (Fsp3) is 0.154. The van der Waals surface area contributed by atoms with Gasteiger partial charge in [-0.2, -0.15) is 0 Å². The first-order chi connectivity index (χ1) is 8.54. The third-order valence-corrected chi connectivity index (χ3v) is 3.18. The summed E-state index contributed by atoms with van der Waals surface area (Å²) in [6, 6.07) is 11.5. The standard InChI is InChI=1S/C13H13NO3S/c15-18(16,17)10-4-3-6-12-9-8-11-5-1-2-7-13(11)14-12/h1-3,5-9H,4,10H2,(H,15,16,17)/p-1/b6-3+. The number of fused-ring (bicyclic) bond motifs is 1. The number of benzene rings is 1. The molecule has 94 valence electrons. The molecule has 1 aromatic carbocycles. The number of hydrogen-bond donors (Lipinski definition) is 0. The van der Waals surface area contributed by atoms with Crippen LogP contribution in [0.15, 0.2) is 42.5 Å². The fourth-order valence-corrected chi connectivity index (χ4v) is 2.02. The Morgan fingerprint density at radius 3 is 2.72 bits per heavy atom. The van der Waals surface area contributed by atoms with E-state index in [1.54, 1.807) is 12.2 Å². The van der Waals surface area contributed by atoms with E-state index in [1.165, 1.54) is 0 Å². The van der Waals surface area contributed by atoms with Crippen LogP contribution >= 0.6 is 0 Å². The van der Waals surface area contributed by atoms with E-state index in [1.807, 2.05) is 36.4 Å². The highest BCUT2D eigenvalue weighted by molar-refractivity contribution is 7.85. The summed E-state index contributed by atoms with van der Waals surface area (Å²) in [6.45, 7) is 0. The molecule has 0 fully saturated rings. The van der Waals surface area contributed by atoms with Crippen LogP contribution < -0.4 is 0 Å². The Labute approximate surface area is 106 Å². The molecule has 0 aliphatic heterocycles. The van der Waals surface area contributed by atoms with Crippen molar-refractivity contribution in [2.45, 2.75) is 6.42 Å². The first-order valence-electron chi connectivity index (χ1n) is 5.50. The van der Waals surface area contributed by atoms with E-state index in [4.69, 9.17) is 0 Å². The van der Waals surface area contributed by atoms with Gasteiger partial charge in [0, 0.05) is 11.1 Å². The van der Waals surface area contributed by atoms with Gasteiger partial charge in [0.25, 0.3) is 0 Å². The van der Waals surface area contributed by atoms with Crippen molar-refractivity contribution in [1.82, 2.24) is 4.98 Å². The third kappa shape index (κ3) is 3.65. The summed E-state index contributed by atoms with van der Waals surface area (Å²) < 4.78 is 31.2. The molecular formula is C13H12NO3S-. The van der Waals surface area contributed by atoms with Gasteiger partial charge in [-0.1, -0.05) is 30.3 Å². The molecule has 0 spiro atoms. The van der Waals surface area contributed by atoms with Crippen molar-refractivity contribution >= 4 is 27.1 Å². The van der Waals surface area contributed by atoms with Crippen molar-refractivity contribution in [1.29, 1.82) is 0 Å². The van der Waals surface area contributed by atoms with Crippen molar-refractivity contribution in [2.75, 3.05) is 5.75 Å².